The first-order chi connectivity index (χ1) is 12.1. The molecule has 1 aromatic heterocycles. The van der Waals surface area contributed by atoms with Crippen LogP contribution in [0.5, 0.6) is 5.75 Å². The van der Waals surface area contributed by atoms with E-state index in [-0.39, 0.29) is 11.3 Å². The standard InChI is InChI=1S/C19H27N3O3/c1-25-18-8-20-15(7-17(18)23)11-21-10-14-5-6-16(12-21)22(19(14)24)9-13-3-2-4-13/h7-8,13-14,16H,2-6,9-12H2,1H3,(H,20,23)/t14-,16+/m1/s1. The van der Waals surface area contributed by atoms with Gasteiger partial charge in [0.2, 0.25) is 11.3 Å². The fourth-order valence-electron chi connectivity index (χ4n) is 4.44. The topological polar surface area (TPSA) is 65.6 Å². The number of carbonyl (C=O) groups is 1. The normalized spacial score (nSPS) is 27.2. The molecule has 4 heterocycles. The highest BCUT2D eigenvalue weighted by Gasteiger charge is 2.41. The number of aromatic nitrogens is 1. The molecule has 4 aliphatic rings. The van der Waals surface area contributed by atoms with Crippen molar-refractivity contribution < 1.29 is 9.53 Å². The Labute approximate surface area is 148 Å². The molecule has 1 aromatic rings. The first-order valence-electron chi connectivity index (χ1n) is 9.42. The van der Waals surface area contributed by atoms with Gasteiger partial charge < -0.3 is 14.6 Å². The summed E-state index contributed by atoms with van der Waals surface area (Å²) in [6, 6.07) is 1.94. The molecule has 1 amide bonds. The average Bonchev–Trinajstić information content (AvgIpc) is 2.82. The fourth-order valence-corrected chi connectivity index (χ4v) is 4.44. The van der Waals surface area contributed by atoms with Gasteiger partial charge in [-0.25, -0.2) is 0 Å². The number of aromatic amines is 1. The van der Waals surface area contributed by atoms with E-state index < -0.39 is 0 Å². The zero-order chi connectivity index (χ0) is 17.4. The van der Waals surface area contributed by atoms with E-state index in [1.165, 1.54) is 26.4 Å². The highest BCUT2D eigenvalue weighted by molar-refractivity contribution is 5.80. The van der Waals surface area contributed by atoms with Gasteiger partial charge in [0.15, 0.2) is 5.75 Å². The van der Waals surface area contributed by atoms with Gasteiger partial charge in [0.05, 0.1) is 13.0 Å². The molecule has 4 fully saturated rings. The second-order valence-corrected chi connectivity index (χ2v) is 7.80. The van der Waals surface area contributed by atoms with Gasteiger partial charge in [-0.3, -0.25) is 14.5 Å². The van der Waals surface area contributed by atoms with Crippen LogP contribution in [0.15, 0.2) is 17.1 Å². The van der Waals surface area contributed by atoms with Crippen molar-refractivity contribution in [3.8, 4) is 5.75 Å². The smallest absolute Gasteiger partial charge is 0.227 e. The van der Waals surface area contributed by atoms with Crippen molar-refractivity contribution in [1.29, 1.82) is 0 Å². The minimum absolute atomic E-state index is 0.100. The van der Waals surface area contributed by atoms with Crippen LogP contribution in [-0.4, -0.2) is 53.5 Å². The van der Waals surface area contributed by atoms with Crippen molar-refractivity contribution >= 4 is 5.91 Å². The van der Waals surface area contributed by atoms with Crippen LogP contribution in [0.1, 0.15) is 37.8 Å². The van der Waals surface area contributed by atoms with E-state index in [2.05, 4.69) is 14.8 Å². The number of hydrogen-bond donors (Lipinski definition) is 1. The fraction of sp³-hybridized carbons (Fsp3) is 0.684. The lowest BCUT2D eigenvalue weighted by Crippen LogP contribution is -2.50. The molecule has 6 heteroatoms. The minimum atomic E-state index is -0.100. The van der Waals surface area contributed by atoms with Crippen LogP contribution in [0.4, 0.5) is 0 Å². The van der Waals surface area contributed by atoms with Crippen LogP contribution in [0.2, 0.25) is 0 Å². The van der Waals surface area contributed by atoms with Gasteiger partial charge in [0.1, 0.15) is 0 Å². The number of fused-ring (bicyclic) bond motifs is 4. The van der Waals surface area contributed by atoms with Gasteiger partial charge in [0, 0.05) is 50.2 Å². The second-order valence-electron chi connectivity index (χ2n) is 7.80. The number of ether oxygens (including phenoxy) is 1. The van der Waals surface area contributed by atoms with E-state index in [0.717, 1.165) is 44.1 Å². The number of H-pyrrole nitrogens is 1. The van der Waals surface area contributed by atoms with Gasteiger partial charge >= 0.3 is 0 Å². The molecule has 3 saturated heterocycles. The molecule has 2 bridgehead atoms. The number of nitrogens with zero attached hydrogens (tertiary/aromatic N) is 2. The monoisotopic (exact) mass is 345 g/mol. The van der Waals surface area contributed by atoms with E-state index in [9.17, 15) is 9.59 Å². The lowest BCUT2D eigenvalue weighted by molar-refractivity contribution is -0.141. The summed E-state index contributed by atoms with van der Waals surface area (Å²) in [4.78, 5) is 32.5. The maximum Gasteiger partial charge on any atom is 0.227 e. The molecular weight excluding hydrogens is 318 g/mol. The molecule has 25 heavy (non-hydrogen) atoms. The summed E-state index contributed by atoms with van der Waals surface area (Å²) in [5.41, 5.74) is 0.779. The maximum absolute atomic E-state index is 12.8. The Bertz CT molecular complexity index is 697. The predicted octanol–water partition coefficient (Wildman–Crippen LogP) is 1.61. The third-order valence-electron chi connectivity index (χ3n) is 6.10. The van der Waals surface area contributed by atoms with E-state index in [1.54, 1.807) is 12.3 Å². The van der Waals surface area contributed by atoms with Crippen molar-refractivity contribution in [2.24, 2.45) is 11.8 Å². The highest BCUT2D eigenvalue weighted by Crippen LogP contribution is 2.34. The maximum atomic E-state index is 12.8. The number of pyridine rings is 1. The molecule has 1 N–H and O–H groups in total. The lowest BCUT2D eigenvalue weighted by Gasteiger charge is -2.40. The summed E-state index contributed by atoms with van der Waals surface area (Å²) in [5.74, 6) is 1.52. The molecule has 136 valence electrons. The number of amides is 1. The third-order valence-corrected chi connectivity index (χ3v) is 6.10. The molecule has 2 atom stereocenters. The number of rotatable bonds is 5. The molecule has 5 rings (SSSR count). The highest BCUT2D eigenvalue weighted by atomic mass is 16.5. The second kappa shape index (κ2) is 6.83. The van der Waals surface area contributed by atoms with Crippen LogP contribution in [0.25, 0.3) is 0 Å². The Morgan fingerprint density at radius 1 is 1.20 bits per heavy atom. The van der Waals surface area contributed by atoms with Crippen molar-refractivity contribution in [3.05, 3.63) is 28.2 Å². The van der Waals surface area contributed by atoms with Crippen molar-refractivity contribution in [3.63, 3.8) is 0 Å². The summed E-state index contributed by atoms with van der Waals surface area (Å²) in [7, 11) is 1.50. The van der Waals surface area contributed by atoms with E-state index in [0.29, 0.717) is 24.2 Å². The first kappa shape index (κ1) is 16.6. The van der Waals surface area contributed by atoms with E-state index in [4.69, 9.17) is 4.74 Å². The number of hydrogen-bond acceptors (Lipinski definition) is 4. The number of carbonyl (C=O) groups excluding carboxylic acids is 1. The summed E-state index contributed by atoms with van der Waals surface area (Å²) in [5, 5.41) is 0. The summed E-state index contributed by atoms with van der Waals surface area (Å²) in [6.45, 7) is 3.33. The molecular formula is C19H27N3O3. The quantitative estimate of drug-likeness (QED) is 0.880. The Morgan fingerprint density at radius 3 is 2.72 bits per heavy atom. The Balaban J connectivity index is 1.46. The molecule has 0 unspecified atom stereocenters. The van der Waals surface area contributed by atoms with Crippen LogP contribution in [-0.2, 0) is 11.3 Å². The third kappa shape index (κ3) is 3.32. The van der Waals surface area contributed by atoms with Crippen LogP contribution < -0.4 is 10.2 Å². The Hall–Kier alpha value is -1.82. The summed E-state index contributed by atoms with van der Waals surface area (Å²) < 4.78 is 5.03. The van der Waals surface area contributed by atoms with Gasteiger partial charge in [0.25, 0.3) is 0 Å². The number of nitrogens with one attached hydrogen (secondary N) is 1. The van der Waals surface area contributed by atoms with Crippen LogP contribution in [0, 0.1) is 11.8 Å². The Kier molecular flexibility index (Phi) is 4.54. The largest absolute Gasteiger partial charge is 0.491 e. The number of methoxy groups -OCH3 is 1. The van der Waals surface area contributed by atoms with Crippen molar-refractivity contribution in [2.45, 2.75) is 44.7 Å². The van der Waals surface area contributed by atoms with Gasteiger partial charge in [-0.2, -0.15) is 0 Å². The average molecular weight is 345 g/mol. The molecule has 0 aromatic carbocycles. The summed E-state index contributed by atoms with van der Waals surface area (Å²) in [6.07, 6.45) is 7.60. The molecule has 6 nitrogen and oxygen atoms in total. The van der Waals surface area contributed by atoms with Crippen molar-refractivity contribution in [2.75, 3.05) is 26.7 Å². The molecule has 0 radical (unpaired) electrons. The van der Waals surface area contributed by atoms with Gasteiger partial charge in [-0.1, -0.05) is 6.42 Å². The predicted molar refractivity (Wildman–Crippen MR) is 94.5 cm³/mol. The van der Waals surface area contributed by atoms with Crippen molar-refractivity contribution in [1.82, 2.24) is 14.8 Å². The van der Waals surface area contributed by atoms with E-state index >= 15 is 0 Å². The molecule has 0 spiro atoms. The molecule has 1 saturated carbocycles. The summed E-state index contributed by atoms with van der Waals surface area (Å²) >= 11 is 0. The number of piperidine rings is 1. The minimum Gasteiger partial charge on any atom is -0.491 e. The van der Waals surface area contributed by atoms with Crippen LogP contribution >= 0.6 is 0 Å². The van der Waals surface area contributed by atoms with E-state index in [1.807, 2.05) is 0 Å². The Morgan fingerprint density at radius 2 is 2.04 bits per heavy atom. The molecule has 3 aliphatic heterocycles. The zero-order valence-corrected chi connectivity index (χ0v) is 14.9. The van der Waals surface area contributed by atoms with Gasteiger partial charge in [-0.05, 0) is 31.6 Å². The van der Waals surface area contributed by atoms with Gasteiger partial charge in [-0.15, -0.1) is 0 Å². The zero-order valence-electron chi connectivity index (χ0n) is 14.9. The lowest BCUT2D eigenvalue weighted by atomic mass is 9.83. The molecule has 1 aliphatic carbocycles. The SMILES string of the molecule is COc1c[nH]c(CN2C[C@H]3CC[C@@H](C2)N(CC2CCC2)C3=O)cc1=O. The van der Waals surface area contributed by atoms with Crippen LogP contribution in [0.3, 0.4) is 0 Å². The first-order valence-corrected chi connectivity index (χ1v) is 9.42.